The molecule has 1 aromatic heterocycles. The highest BCUT2D eigenvalue weighted by Gasteiger charge is 2.22. The molecule has 7 nitrogen and oxygen atoms in total. The first-order valence-electron chi connectivity index (χ1n) is 5.36. The van der Waals surface area contributed by atoms with Crippen LogP contribution in [-0.4, -0.2) is 27.1 Å². The standard InChI is InChI=1S/C10H17N5O2/c1-3-8(9(11)15-17)10(16)14-6(2)7-4-12-13-5-7/h4-6,8,17H,3H2,1-2H3,(H2,11,15)(H,12,13)(H,14,16). The third kappa shape index (κ3) is 3.20. The lowest BCUT2D eigenvalue weighted by Gasteiger charge is -2.17. The van der Waals surface area contributed by atoms with E-state index in [1.807, 2.05) is 6.92 Å². The second-order valence-corrected chi connectivity index (χ2v) is 3.75. The number of carbonyl (C=O) groups excluding carboxylic acids is 1. The van der Waals surface area contributed by atoms with Crippen molar-refractivity contribution in [3.8, 4) is 0 Å². The molecule has 1 amide bonds. The van der Waals surface area contributed by atoms with Crippen molar-refractivity contribution in [3.63, 3.8) is 0 Å². The van der Waals surface area contributed by atoms with Crippen molar-refractivity contribution >= 4 is 11.7 Å². The van der Waals surface area contributed by atoms with Gasteiger partial charge in [0.25, 0.3) is 0 Å². The van der Waals surface area contributed by atoms with Crippen molar-refractivity contribution in [2.45, 2.75) is 26.3 Å². The highest BCUT2D eigenvalue weighted by atomic mass is 16.4. The number of carbonyl (C=O) groups is 1. The van der Waals surface area contributed by atoms with Crippen LogP contribution < -0.4 is 11.1 Å². The quantitative estimate of drug-likeness (QED) is 0.257. The Morgan fingerprint density at radius 1 is 1.76 bits per heavy atom. The summed E-state index contributed by atoms with van der Waals surface area (Å²) in [6.07, 6.45) is 3.81. The average Bonchev–Trinajstić information content (AvgIpc) is 2.83. The summed E-state index contributed by atoms with van der Waals surface area (Å²) in [5.74, 6) is -0.963. The number of hydrogen-bond acceptors (Lipinski definition) is 4. The summed E-state index contributed by atoms with van der Waals surface area (Å²) in [6.45, 7) is 3.63. The van der Waals surface area contributed by atoms with Crippen LogP contribution >= 0.6 is 0 Å². The molecule has 1 rings (SSSR count). The predicted molar refractivity (Wildman–Crippen MR) is 62.3 cm³/mol. The molecular weight excluding hydrogens is 222 g/mol. The Bertz CT molecular complexity index is 387. The smallest absolute Gasteiger partial charge is 0.231 e. The van der Waals surface area contributed by atoms with Gasteiger partial charge in [-0.25, -0.2) is 0 Å². The number of oxime groups is 1. The second-order valence-electron chi connectivity index (χ2n) is 3.75. The largest absolute Gasteiger partial charge is 0.409 e. The van der Waals surface area contributed by atoms with Crippen LogP contribution in [0.4, 0.5) is 0 Å². The molecule has 1 aromatic rings. The maximum absolute atomic E-state index is 11.9. The van der Waals surface area contributed by atoms with Crippen molar-refractivity contribution in [2.75, 3.05) is 0 Å². The van der Waals surface area contributed by atoms with Gasteiger partial charge >= 0.3 is 0 Å². The predicted octanol–water partition coefficient (Wildman–Crippen LogP) is 0.359. The Morgan fingerprint density at radius 3 is 2.94 bits per heavy atom. The highest BCUT2D eigenvalue weighted by Crippen LogP contribution is 2.11. The second kappa shape index (κ2) is 5.88. The third-order valence-electron chi connectivity index (χ3n) is 2.58. The summed E-state index contributed by atoms with van der Waals surface area (Å²) in [5.41, 5.74) is 6.31. The van der Waals surface area contributed by atoms with Crippen LogP contribution in [0.1, 0.15) is 31.9 Å². The minimum atomic E-state index is -0.616. The minimum absolute atomic E-state index is 0.0793. The fraction of sp³-hybridized carbons (Fsp3) is 0.500. The molecule has 0 aliphatic rings. The van der Waals surface area contributed by atoms with Crippen molar-refractivity contribution in [1.82, 2.24) is 15.5 Å². The van der Waals surface area contributed by atoms with Crippen LogP contribution in [0.15, 0.2) is 17.5 Å². The zero-order chi connectivity index (χ0) is 12.8. The molecule has 2 atom stereocenters. The number of nitrogens with two attached hydrogens (primary N) is 1. The van der Waals surface area contributed by atoms with Gasteiger partial charge in [0.15, 0.2) is 5.84 Å². The average molecular weight is 239 g/mol. The Hall–Kier alpha value is -2.05. The maximum Gasteiger partial charge on any atom is 0.231 e. The molecule has 5 N–H and O–H groups in total. The highest BCUT2D eigenvalue weighted by molar-refractivity contribution is 6.02. The Balaban J connectivity index is 2.65. The van der Waals surface area contributed by atoms with E-state index in [1.54, 1.807) is 19.3 Å². The van der Waals surface area contributed by atoms with Crippen molar-refractivity contribution in [1.29, 1.82) is 0 Å². The van der Waals surface area contributed by atoms with Crippen LogP contribution in [0.5, 0.6) is 0 Å². The lowest BCUT2D eigenvalue weighted by atomic mass is 10.0. The molecule has 0 aromatic carbocycles. The van der Waals surface area contributed by atoms with Crippen molar-refractivity contribution in [3.05, 3.63) is 18.0 Å². The fourth-order valence-electron chi connectivity index (χ4n) is 1.49. The van der Waals surface area contributed by atoms with Gasteiger partial charge in [0, 0.05) is 11.8 Å². The summed E-state index contributed by atoms with van der Waals surface area (Å²) < 4.78 is 0. The number of H-pyrrole nitrogens is 1. The lowest BCUT2D eigenvalue weighted by Crippen LogP contribution is -2.39. The summed E-state index contributed by atoms with van der Waals surface area (Å²) in [4.78, 5) is 11.9. The SMILES string of the molecule is CCC(C(=O)NC(C)c1cn[nH]c1)C(N)=NO. The van der Waals surface area contributed by atoms with E-state index in [4.69, 9.17) is 10.9 Å². The van der Waals surface area contributed by atoms with E-state index in [9.17, 15) is 4.79 Å². The van der Waals surface area contributed by atoms with E-state index in [2.05, 4.69) is 20.7 Å². The van der Waals surface area contributed by atoms with Gasteiger partial charge in [0.2, 0.25) is 5.91 Å². The van der Waals surface area contributed by atoms with Gasteiger partial charge in [0.1, 0.15) is 0 Å². The molecule has 7 heteroatoms. The van der Waals surface area contributed by atoms with Gasteiger partial charge in [-0.05, 0) is 13.3 Å². The first-order chi connectivity index (χ1) is 8.10. The number of aromatic nitrogens is 2. The Morgan fingerprint density at radius 2 is 2.47 bits per heavy atom. The monoisotopic (exact) mass is 239 g/mol. The molecule has 0 aliphatic carbocycles. The number of rotatable bonds is 5. The van der Waals surface area contributed by atoms with Gasteiger partial charge < -0.3 is 16.3 Å². The fourth-order valence-corrected chi connectivity index (χ4v) is 1.49. The molecule has 0 spiro atoms. The Labute approximate surface area is 99.1 Å². The van der Waals surface area contributed by atoms with E-state index in [1.165, 1.54) is 0 Å². The first kappa shape index (κ1) is 13.0. The zero-order valence-electron chi connectivity index (χ0n) is 9.84. The lowest BCUT2D eigenvalue weighted by molar-refractivity contribution is -0.123. The summed E-state index contributed by atoms with van der Waals surface area (Å²) in [7, 11) is 0. The maximum atomic E-state index is 11.9. The minimum Gasteiger partial charge on any atom is -0.409 e. The number of amidine groups is 1. The number of hydrogen-bond donors (Lipinski definition) is 4. The molecule has 0 bridgehead atoms. The van der Waals surface area contributed by atoms with Crippen LogP contribution in [0, 0.1) is 5.92 Å². The number of nitrogens with one attached hydrogen (secondary N) is 2. The molecule has 1 heterocycles. The summed E-state index contributed by atoms with van der Waals surface area (Å²) in [6, 6.07) is -0.179. The van der Waals surface area contributed by atoms with Crippen molar-refractivity contribution < 1.29 is 10.0 Å². The molecule has 2 unspecified atom stereocenters. The molecule has 0 fully saturated rings. The van der Waals surface area contributed by atoms with Gasteiger partial charge in [-0.3, -0.25) is 9.89 Å². The Kier molecular flexibility index (Phi) is 4.50. The third-order valence-corrected chi connectivity index (χ3v) is 2.58. The summed E-state index contributed by atoms with van der Waals surface area (Å²) >= 11 is 0. The molecule has 17 heavy (non-hydrogen) atoms. The zero-order valence-corrected chi connectivity index (χ0v) is 9.84. The molecule has 0 aliphatic heterocycles. The molecular formula is C10H17N5O2. The van der Waals surface area contributed by atoms with E-state index in [-0.39, 0.29) is 17.8 Å². The number of aromatic amines is 1. The molecule has 0 saturated carbocycles. The van der Waals surface area contributed by atoms with Crippen LogP contribution in [0.25, 0.3) is 0 Å². The van der Waals surface area contributed by atoms with E-state index in [0.717, 1.165) is 5.56 Å². The van der Waals surface area contributed by atoms with Gasteiger partial charge in [-0.15, -0.1) is 0 Å². The van der Waals surface area contributed by atoms with Crippen LogP contribution in [0.2, 0.25) is 0 Å². The summed E-state index contributed by atoms with van der Waals surface area (Å²) in [5, 5.41) is 20.7. The number of nitrogens with zero attached hydrogens (tertiary/aromatic N) is 2. The molecule has 0 saturated heterocycles. The van der Waals surface area contributed by atoms with Crippen LogP contribution in [-0.2, 0) is 4.79 Å². The van der Waals surface area contributed by atoms with Gasteiger partial charge in [-0.1, -0.05) is 12.1 Å². The number of amides is 1. The van der Waals surface area contributed by atoms with Gasteiger partial charge in [0.05, 0.1) is 18.2 Å². The van der Waals surface area contributed by atoms with E-state index < -0.39 is 5.92 Å². The first-order valence-corrected chi connectivity index (χ1v) is 5.36. The van der Waals surface area contributed by atoms with Crippen molar-refractivity contribution in [2.24, 2.45) is 16.8 Å². The normalized spacial score (nSPS) is 15.3. The van der Waals surface area contributed by atoms with E-state index in [0.29, 0.717) is 6.42 Å². The molecule has 0 radical (unpaired) electrons. The topological polar surface area (TPSA) is 116 Å². The van der Waals surface area contributed by atoms with Gasteiger partial charge in [-0.2, -0.15) is 5.10 Å². The molecule has 94 valence electrons. The van der Waals surface area contributed by atoms with E-state index >= 15 is 0 Å². The van der Waals surface area contributed by atoms with Crippen LogP contribution in [0.3, 0.4) is 0 Å².